The maximum absolute atomic E-state index is 14.7. The SMILES string of the molecule is CCc1cc(Nc2ncc(F)c(-n3cnc4cc(F)ccc43)n2)cc(OCCN2CCC(O)CC2)c1. The van der Waals surface area contributed by atoms with Gasteiger partial charge in [0, 0.05) is 37.5 Å². The van der Waals surface area contributed by atoms with Gasteiger partial charge in [-0.1, -0.05) is 6.92 Å². The van der Waals surface area contributed by atoms with E-state index in [4.69, 9.17) is 4.74 Å². The van der Waals surface area contributed by atoms with E-state index in [1.807, 2.05) is 18.2 Å². The molecule has 36 heavy (non-hydrogen) atoms. The number of aryl methyl sites for hydroxylation is 1. The van der Waals surface area contributed by atoms with Crippen LogP contribution < -0.4 is 10.1 Å². The zero-order valence-corrected chi connectivity index (χ0v) is 20.0. The Morgan fingerprint density at radius 2 is 1.94 bits per heavy atom. The summed E-state index contributed by atoms with van der Waals surface area (Å²) in [5, 5.41) is 12.8. The van der Waals surface area contributed by atoms with Crippen LogP contribution in [0.15, 0.2) is 48.9 Å². The van der Waals surface area contributed by atoms with Crippen molar-refractivity contribution >= 4 is 22.7 Å². The van der Waals surface area contributed by atoms with Gasteiger partial charge in [-0.25, -0.2) is 18.7 Å². The van der Waals surface area contributed by atoms with Crippen LogP contribution in [0.2, 0.25) is 0 Å². The number of anilines is 2. The van der Waals surface area contributed by atoms with E-state index >= 15 is 0 Å². The summed E-state index contributed by atoms with van der Waals surface area (Å²) < 4.78 is 35.7. The molecule has 0 saturated carbocycles. The molecular weight excluding hydrogens is 466 g/mol. The standard InChI is InChI=1S/C26H28F2N6O2/c1-2-17-11-19(14-21(12-17)36-10-9-33-7-5-20(35)6-8-33)31-26-29-15-22(28)25(32-26)34-16-30-23-13-18(27)3-4-24(23)34/h3-4,11-16,20,35H,2,5-10H2,1H3,(H,29,31,32). The molecule has 4 aromatic rings. The number of hydrogen-bond acceptors (Lipinski definition) is 7. The van der Waals surface area contributed by atoms with Crippen molar-refractivity contribution in [2.75, 3.05) is 31.6 Å². The predicted molar refractivity (Wildman–Crippen MR) is 133 cm³/mol. The van der Waals surface area contributed by atoms with Gasteiger partial charge >= 0.3 is 0 Å². The first-order chi connectivity index (χ1) is 17.5. The fourth-order valence-electron chi connectivity index (χ4n) is 4.33. The topological polar surface area (TPSA) is 88.3 Å². The summed E-state index contributed by atoms with van der Waals surface area (Å²) in [7, 11) is 0. The predicted octanol–water partition coefficient (Wildman–Crippen LogP) is 4.24. The molecule has 2 aromatic carbocycles. The summed E-state index contributed by atoms with van der Waals surface area (Å²) in [4.78, 5) is 14.9. The maximum Gasteiger partial charge on any atom is 0.229 e. The lowest BCUT2D eigenvalue weighted by molar-refractivity contribution is 0.0755. The molecule has 2 N–H and O–H groups in total. The lowest BCUT2D eigenvalue weighted by Crippen LogP contribution is -2.38. The third-order valence-corrected chi connectivity index (χ3v) is 6.33. The molecule has 1 fully saturated rings. The second-order valence-electron chi connectivity index (χ2n) is 8.88. The highest BCUT2D eigenvalue weighted by atomic mass is 19.1. The molecule has 5 rings (SSSR count). The van der Waals surface area contributed by atoms with Crippen LogP contribution in [-0.4, -0.2) is 61.9 Å². The summed E-state index contributed by atoms with van der Waals surface area (Å²) in [6.07, 6.45) is 4.71. The lowest BCUT2D eigenvalue weighted by Gasteiger charge is -2.29. The second-order valence-corrected chi connectivity index (χ2v) is 8.88. The molecule has 10 heteroatoms. The van der Waals surface area contributed by atoms with Crippen LogP contribution in [-0.2, 0) is 6.42 Å². The molecule has 0 unspecified atom stereocenters. The number of fused-ring (bicyclic) bond motifs is 1. The first kappa shape index (κ1) is 24.1. The monoisotopic (exact) mass is 494 g/mol. The van der Waals surface area contributed by atoms with Crippen molar-refractivity contribution in [3.63, 3.8) is 0 Å². The summed E-state index contributed by atoms with van der Waals surface area (Å²) in [5.74, 6) is -0.0979. The van der Waals surface area contributed by atoms with E-state index in [2.05, 4.69) is 32.1 Å². The van der Waals surface area contributed by atoms with Crippen molar-refractivity contribution < 1.29 is 18.6 Å². The Morgan fingerprint density at radius 3 is 2.75 bits per heavy atom. The highest BCUT2D eigenvalue weighted by Gasteiger charge is 2.17. The van der Waals surface area contributed by atoms with E-state index in [1.165, 1.54) is 29.1 Å². The lowest BCUT2D eigenvalue weighted by atomic mass is 10.1. The largest absolute Gasteiger partial charge is 0.492 e. The Morgan fingerprint density at radius 1 is 1.11 bits per heavy atom. The molecule has 0 radical (unpaired) electrons. The Balaban J connectivity index is 1.32. The van der Waals surface area contributed by atoms with Crippen LogP contribution in [0.25, 0.3) is 16.9 Å². The maximum atomic E-state index is 14.7. The first-order valence-electron chi connectivity index (χ1n) is 12.1. The van der Waals surface area contributed by atoms with E-state index in [9.17, 15) is 13.9 Å². The number of ether oxygens (including phenoxy) is 1. The molecule has 0 aliphatic carbocycles. The number of likely N-dealkylation sites (tertiary alicyclic amines) is 1. The summed E-state index contributed by atoms with van der Waals surface area (Å²) in [5.41, 5.74) is 2.73. The van der Waals surface area contributed by atoms with E-state index in [-0.39, 0.29) is 17.9 Å². The molecule has 2 aromatic heterocycles. The van der Waals surface area contributed by atoms with Crippen molar-refractivity contribution in [3.05, 3.63) is 66.1 Å². The van der Waals surface area contributed by atoms with Crippen LogP contribution >= 0.6 is 0 Å². The van der Waals surface area contributed by atoms with Crippen LogP contribution in [0.3, 0.4) is 0 Å². The number of hydrogen-bond donors (Lipinski definition) is 2. The van der Waals surface area contributed by atoms with Gasteiger partial charge < -0.3 is 15.2 Å². The average molecular weight is 495 g/mol. The molecule has 8 nitrogen and oxygen atoms in total. The number of nitrogens with zero attached hydrogens (tertiary/aromatic N) is 5. The van der Waals surface area contributed by atoms with Crippen molar-refractivity contribution in [1.29, 1.82) is 0 Å². The van der Waals surface area contributed by atoms with Gasteiger partial charge in [0.15, 0.2) is 11.6 Å². The highest BCUT2D eigenvalue weighted by Crippen LogP contribution is 2.25. The van der Waals surface area contributed by atoms with Gasteiger partial charge in [0.25, 0.3) is 0 Å². The van der Waals surface area contributed by atoms with E-state index in [0.29, 0.717) is 17.6 Å². The number of rotatable bonds is 8. The number of aromatic nitrogens is 4. The van der Waals surface area contributed by atoms with Crippen molar-refractivity contribution in [3.8, 4) is 11.6 Å². The molecule has 1 aliphatic heterocycles. The van der Waals surface area contributed by atoms with E-state index in [0.717, 1.165) is 62.1 Å². The number of nitrogens with one attached hydrogen (secondary N) is 1. The molecule has 0 spiro atoms. The number of piperidine rings is 1. The summed E-state index contributed by atoms with van der Waals surface area (Å²) in [6.45, 7) is 5.13. The van der Waals surface area contributed by atoms with Crippen molar-refractivity contribution in [2.45, 2.75) is 32.3 Å². The number of halogens is 2. The fraction of sp³-hybridized carbons (Fsp3) is 0.346. The van der Waals surface area contributed by atoms with Gasteiger partial charge in [0.1, 0.15) is 24.5 Å². The number of aliphatic hydroxyl groups excluding tert-OH is 1. The van der Waals surface area contributed by atoms with Gasteiger partial charge in [-0.15, -0.1) is 0 Å². The van der Waals surface area contributed by atoms with Gasteiger partial charge in [0.05, 0.1) is 23.3 Å². The fourth-order valence-corrected chi connectivity index (χ4v) is 4.33. The Labute approximate surface area is 207 Å². The van der Waals surface area contributed by atoms with Gasteiger partial charge in [-0.05, 0) is 49.1 Å². The molecular formula is C26H28F2N6O2. The zero-order chi connectivity index (χ0) is 25.1. The molecule has 1 saturated heterocycles. The molecule has 0 amide bonds. The third kappa shape index (κ3) is 5.44. The molecule has 3 heterocycles. The average Bonchev–Trinajstić information content (AvgIpc) is 3.29. The minimum atomic E-state index is -0.624. The third-order valence-electron chi connectivity index (χ3n) is 6.33. The van der Waals surface area contributed by atoms with Crippen molar-refractivity contribution in [1.82, 2.24) is 24.4 Å². The summed E-state index contributed by atoms with van der Waals surface area (Å²) >= 11 is 0. The normalized spacial score (nSPS) is 14.9. The molecule has 0 atom stereocenters. The smallest absolute Gasteiger partial charge is 0.229 e. The van der Waals surface area contributed by atoms with Crippen LogP contribution in [0, 0.1) is 11.6 Å². The quantitative estimate of drug-likeness (QED) is 0.379. The van der Waals surface area contributed by atoms with E-state index < -0.39 is 11.6 Å². The number of imidazole rings is 1. The van der Waals surface area contributed by atoms with E-state index in [1.54, 1.807) is 0 Å². The Kier molecular flexibility index (Phi) is 7.06. The van der Waals surface area contributed by atoms with Gasteiger partial charge in [-0.3, -0.25) is 9.47 Å². The molecule has 1 aliphatic rings. The van der Waals surface area contributed by atoms with Crippen molar-refractivity contribution in [2.24, 2.45) is 0 Å². The van der Waals surface area contributed by atoms with Crippen LogP contribution in [0.5, 0.6) is 5.75 Å². The molecule has 188 valence electrons. The zero-order valence-electron chi connectivity index (χ0n) is 20.0. The Bertz CT molecular complexity index is 1350. The van der Waals surface area contributed by atoms with Gasteiger partial charge in [0.2, 0.25) is 5.95 Å². The summed E-state index contributed by atoms with van der Waals surface area (Å²) in [6, 6.07) is 9.95. The molecule has 0 bridgehead atoms. The second kappa shape index (κ2) is 10.5. The minimum absolute atomic E-state index is 0.0105. The highest BCUT2D eigenvalue weighted by molar-refractivity contribution is 5.77. The first-order valence-corrected chi connectivity index (χ1v) is 12.1. The Hall–Kier alpha value is -3.63. The number of aliphatic hydroxyl groups is 1. The van der Waals surface area contributed by atoms with Gasteiger partial charge in [-0.2, -0.15) is 4.98 Å². The minimum Gasteiger partial charge on any atom is -0.492 e. The van der Waals surface area contributed by atoms with Crippen LogP contribution in [0.1, 0.15) is 25.3 Å². The van der Waals surface area contributed by atoms with Crippen LogP contribution in [0.4, 0.5) is 20.4 Å². The number of benzene rings is 2.